The first-order chi connectivity index (χ1) is 16.8. The summed E-state index contributed by atoms with van der Waals surface area (Å²) >= 11 is 12.7. The van der Waals surface area contributed by atoms with Crippen molar-refractivity contribution < 1.29 is 24.2 Å². The maximum atomic E-state index is 12.6. The lowest BCUT2D eigenvalue weighted by Crippen LogP contribution is -2.13. The van der Waals surface area contributed by atoms with Crippen molar-refractivity contribution in [3.05, 3.63) is 93.0 Å². The summed E-state index contributed by atoms with van der Waals surface area (Å²) in [5, 5.41) is 21.5. The molecule has 0 heterocycles. The average Bonchev–Trinajstić information content (AvgIpc) is 2.83. The number of halogens is 2. The number of ether oxygens (including phenoxy) is 2. The number of rotatable bonds is 9. The number of carbonyl (C=O) groups excluding carboxylic acids is 1. The molecule has 0 saturated carbocycles. The molecular formula is C26H20Cl2N2O5. The Labute approximate surface area is 212 Å². The van der Waals surface area contributed by atoms with Gasteiger partial charge in [0.05, 0.1) is 22.2 Å². The first-order valence-corrected chi connectivity index (χ1v) is 11.2. The minimum absolute atomic E-state index is 0.114. The summed E-state index contributed by atoms with van der Waals surface area (Å²) in [6.45, 7) is 2.52. The largest absolute Gasteiger partial charge is 0.494 e. The number of carboxylic acid groups (broad SMARTS) is 1. The number of nitrogens with one attached hydrogen (secondary N) is 1. The molecule has 3 aromatic carbocycles. The fourth-order valence-electron chi connectivity index (χ4n) is 3.01. The van der Waals surface area contributed by atoms with Gasteiger partial charge in [-0.3, -0.25) is 4.79 Å². The molecule has 2 N–H and O–H groups in total. The van der Waals surface area contributed by atoms with Crippen LogP contribution < -0.4 is 14.8 Å². The van der Waals surface area contributed by atoms with Crippen molar-refractivity contribution >= 4 is 46.8 Å². The Hall–Kier alpha value is -3.99. The molecule has 178 valence electrons. The molecule has 0 spiro atoms. The second kappa shape index (κ2) is 11.9. The van der Waals surface area contributed by atoms with Gasteiger partial charge >= 0.3 is 5.97 Å². The summed E-state index contributed by atoms with van der Waals surface area (Å²) in [5.41, 5.74) is 1.70. The molecular weight excluding hydrogens is 491 g/mol. The number of carbonyl (C=O) groups is 2. The number of nitrogens with zero attached hydrogens (tertiary/aromatic N) is 1. The molecule has 3 rings (SSSR count). The normalized spacial score (nSPS) is 10.9. The molecule has 0 aliphatic heterocycles. The van der Waals surface area contributed by atoms with Crippen LogP contribution in [0.4, 0.5) is 5.69 Å². The zero-order valence-electron chi connectivity index (χ0n) is 18.5. The van der Waals surface area contributed by atoms with E-state index in [2.05, 4.69) is 5.32 Å². The highest BCUT2D eigenvalue weighted by molar-refractivity contribution is 6.37. The van der Waals surface area contributed by atoms with Crippen molar-refractivity contribution in [2.45, 2.75) is 13.5 Å². The predicted octanol–water partition coefficient (Wildman–Crippen LogP) is 6.21. The Morgan fingerprint density at radius 2 is 1.66 bits per heavy atom. The van der Waals surface area contributed by atoms with Crippen LogP contribution in [0, 0.1) is 11.3 Å². The van der Waals surface area contributed by atoms with Crippen LogP contribution >= 0.6 is 23.2 Å². The molecule has 0 bridgehead atoms. The Kier molecular flexibility index (Phi) is 8.74. The minimum Gasteiger partial charge on any atom is -0.494 e. The number of nitriles is 1. The van der Waals surface area contributed by atoms with E-state index < -0.39 is 11.9 Å². The van der Waals surface area contributed by atoms with Gasteiger partial charge in [0.25, 0.3) is 5.91 Å². The molecule has 35 heavy (non-hydrogen) atoms. The van der Waals surface area contributed by atoms with Crippen molar-refractivity contribution in [3.63, 3.8) is 0 Å². The van der Waals surface area contributed by atoms with Crippen LogP contribution in [0.5, 0.6) is 11.5 Å². The molecule has 3 aromatic rings. The molecule has 9 heteroatoms. The van der Waals surface area contributed by atoms with Gasteiger partial charge in [0.15, 0.2) is 5.75 Å². The monoisotopic (exact) mass is 510 g/mol. The fraction of sp³-hybridized carbons (Fsp3) is 0.115. The lowest BCUT2D eigenvalue weighted by Gasteiger charge is -2.11. The Balaban J connectivity index is 1.71. The van der Waals surface area contributed by atoms with Gasteiger partial charge in [-0.2, -0.15) is 5.26 Å². The van der Waals surface area contributed by atoms with Crippen LogP contribution in [0.1, 0.15) is 28.4 Å². The van der Waals surface area contributed by atoms with Crippen LogP contribution in [0.25, 0.3) is 6.08 Å². The van der Waals surface area contributed by atoms with Gasteiger partial charge in [0, 0.05) is 5.69 Å². The number of hydrogen-bond acceptors (Lipinski definition) is 5. The molecule has 0 atom stereocenters. The molecule has 1 amide bonds. The van der Waals surface area contributed by atoms with E-state index in [1.165, 1.54) is 30.3 Å². The van der Waals surface area contributed by atoms with E-state index in [1.807, 2.05) is 13.0 Å². The van der Waals surface area contributed by atoms with Gasteiger partial charge in [-0.25, -0.2) is 4.79 Å². The van der Waals surface area contributed by atoms with E-state index in [1.54, 1.807) is 36.4 Å². The topological polar surface area (TPSA) is 109 Å². The number of benzene rings is 3. The third-order valence-electron chi connectivity index (χ3n) is 4.70. The zero-order chi connectivity index (χ0) is 25.4. The zero-order valence-corrected chi connectivity index (χ0v) is 20.1. The van der Waals surface area contributed by atoms with E-state index in [0.717, 1.165) is 5.56 Å². The van der Waals surface area contributed by atoms with Gasteiger partial charge in [-0.1, -0.05) is 35.3 Å². The average molecular weight is 511 g/mol. The maximum Gasteiger partial charge on any atom is 0.335 e. The van der Waals surface area contributed by atoms with Crippen LogP contribution in [-0.4, -0.2) is 23.6 Å². The predicted molar refractivity (Wildman–Crippen MR) is 134 cm³/mol. The van der Waals surface area contributed by atoms with Crippen molar-refractivity contribution in [2.24, 2.45) is 0 Å². The highest BCUT2D eigenvalue weighted by Crippen LogP contribution is 2.35. The lowest BCUT2D eigenvalue weighted by molar-refractivity contribution is -0.112. The van der Waals surface area contributed by atoms with E-state index in [0.29, 0.717) is 23.6 Å². The highest BCUT2D eigenvalue weighted by Gasteiger charge is 2.14. The molecule has 0 radical (unpaired) electrons. The van der Waals surface area contributed by atoms with Crippen molar-refractivity contribution in [1.82, 2.24) is 0 Å². The SMILES string of the molecule is CCOc1ccc(NC(=O)/C(C#N)=C\c2cc(Cl)c(OCc3ccc(C(=O)O)cc3)c(Cl)c2)cc1. The molecule has 0 saturated heterocycles. The third-order valence-corrected chi connectivity index (χ3v) is 5.27. The summed E-state index contributed by atoms with van der Waals surface area (Å²) in [7, 11) is 0. The molecule has 0 aromatic heterocycles. The van der Waals surface area contributed by atoms with Crippen molar-refractivity contribution in [3.8, 4) is 17.6 Å². The molecule has 0 fully saturated rings. The quantitative estimate of drug-likeness (QED) is 0.261. The van der Waals surface area contributed by atoms with Gasteiger partial charge in [0.2, 0.25) is 0 Å². The van der Waals surface area contributed by atoms with E-state index in [9.17, 15) is 14.9 Å². The van der Waals surface area contributed by atoms with Gasteiger partial charge in [-0.05, 0) is 72.7 Å². The van der Waals surface area contributed by atoms with E-state index >= 15 is 0 Å². The summed E-state index contributed by atoms with van der Waals surface area (Å²) < 4.78 is 11.1. The van der Waals surface area contributed by atoms with Crippen LogP contribution in [0.15, 0.2) is 66.2 Å². The van der Waals surface area contributed by atoms with Gasteiger partial charge in [0.1, 0.15) is 24.0 Å². The van der Waals surface area contributed by atoms with Crippen LogP contribution in [0.3, 0.4) is 0 Å². The van der Waals surface area contributed by atoms with E-state index in [-0.39, 0.29) is 33.5 Å². The smallest absolute Gasteiger partial charge is 0.335 e. The fourth-order valence-corrected chi connectivity index (χ4v) is 3.63. The van der Waals surface area contributed by atoms with Gasteiger partial charge < -0.3 is 19.9 Å². The minimum atomic E-state index is -1.02. The Morgan fingerprint density at radius 3 is 2.20 bits per heavy atom. The van der Waals surface area contributed by atoms with Gasteiger partial charge in [-0.15, -0.1) is 0 Å². The molecule has 0 aliphatic carbocycles. The summed E-state index contributed by atoms with van der Waals surface area (Å²) in [6, 6.07) is 17.9. The van der Waals surface area contributed by atoms with Crippen molar-refractivity contribution in [2.75, 3.05) is 11.9 Å². The number of hydrogen-bond donors (Lipinski definition) is 2. The Bertz CT molecular complexity index is 1270. The second-order valence-electron chi connectivity index (χ2n) is 7.19. The van der Waals surface area contributed by atoms with Crippen LogP contribution in [-0.2, 0) is 11.4 Å². The molecule has 0 unspecified atom stereocenters. The maximum absolute atomic E-state index is 12.6. The standard InChI is InChI=1S/C26H20Cl2N2O5/c1-2-34-21-9-7-20(8-10-21)30-25(31)19(14-29)11-17-12-22(27)24(23(28)13-17)35-15-16-3-5-18(6-4-16)26(32)33/h3-13H,2,15H2,1H3,(H,30,31)(H,32,33)/b19-11-. The lowest BCUT2D eigenvalue weighted by atomic mass is 10.1. The number of anilines is 1. The summed E-state index contributed by atoms with van der Waals surface area (Å²) in [6.07, 6.45) is 1.37. The summed E-state index contributed by atoms with van der Waals surface area (Å²) in [4.78, 5) is 23.5. The van der Waals surface area contributed by atoms with Crippen LogP contribution in [0.2, 0.25) is 10.0 Å². The molecule has 0 aliphatic rings. The Morgan fingerprint density at radius 1 is 1.03 bits per heavy atom. The second-order valence-corrected chi connectivity index (χ2v) is 8.00. The first kappa shape index (κ1) is 25.6. The highest BCUT2D eigenvalue weighted by atomic mass is 35.5. The number of aromatic carboxylic acids is 1. The van der Waals surface area contributed by atoms with E-state index in [4.69, 9.17) is 37.8 Å². The third kappa shape index (κ3) is 7.00. The first-order valence-electron chi connectivity index (χ1n) is 10.4. The number of amides is 1. The molecule has 7 nitrogen and oxygen atoms in total. The number of carboxylic acids is 1. The van der Waals surface area contributed by atoms with Crippen molar-refractivity contribution in [1.29, 1.82) is 5.26 Å². The summed E-state index contributed by atoms with van der Waals surface area (Å²) in [5.74, 6) is -0.707.